The van der Waals surface area contributed by atoms with Gasteiger partial charge in [0.2, 0.25) is 0 Å². The molecule has 4 heteroatoms. The maximum absolute atomic E-state index is 11.5. The van der Waals surface area contributed by atoms with E-state index < -0.39 is 11.7 Å². The van der Waals surface area contributed by atoms with Gasteiger partial charge in [0.05, 0.1) is 6.54 Å². The Morgan fingerprint density at radius 1 is 1.27 bits per heavy atom. The van der Waals surface area contributed by atoms with Crippen molar-refractivity contribution in [3.8, 4) is 11.8 Å². The van der Waals surface area contributed by atoms with Gasteiger partial charge in [0.1, 0.15) is 11.4 Å². The van der Waals surface area contributed by atoms with Crippen molar-refractivity contribution in [1.82, 2.24) is 5.32 Å². The van der Waals surface area contributed by atoms with Crippen molar-refractivity contribution in [2.24, 2.45) is 0 Å². The van der Waals surface area contributed by atoms with Crippen molar-refractivity contribution in [2.45, 2.75) is 45.6 Å². The molecule has 0 heterocycles. The third kappa shape index (κ3) is 4.92. The lowest BCUT2D eigenvalue weighted by Crippen LogP contribution is -2.32. The van der Waals surface area contributed by atoms with Crippen LogP contribution in [0.5, 0.6) is 0 Å². The van der Waals surface area contributed by atoms with E-state index in [9.17, 15) is 9.59 Å². The fraction of sp³-hybridized carbons (Fsp3) is 0.444. The number of hydrogen-bond acceptors (Lipinski definition) is 3. The maximum Gasteiger partial charge on any atom is 0.408 e. The summed E-state index contributed by atoms with van der Waals surface area (Å²) in [4.78, 5) is 22.9. The molecule has 2 rings (SSSR count). The van der Waals surface area contributed by atoms with Gasteiger partial charge in [-0.2, -0.15) is 0 Å². The predicted molar refractivity (Wildman–Crippen MR) is 84.6 cm³/mol. The first-order valence-electron chi connectivity index (χ1n) is 7.43. The summed E-state index contributed by atoms with van der Waals surface area (Å²) in [5.41, 5.74) is 2.70. The molecule has 1 aromatic carbocycles. The number of rotatable bonds is 1. The summed E-state index contributed by atoms with van der Waals surface area (Å²) in [5, 5.41) is 2.60. The van der Waals surface area contributed by atoms with Gasteiger partial charge in [0.15, 0.2) is 0 Å². The second kappa shape index (κ2) is 6.65. The van der Waals surface area contributed by atoms with Gasteiger partial charge in [-0.3, -0.25) is 4.79 Å². The van der Waals surface area contributed by atoms with E-state index in [1.165, 1.54) is 5.56 Å². The van der Waals surface area contributed by atoms with Gasteiger partial charge in [-0.25, -0.2) is 4.79 Å². The number of aryl methyl sites for hydroxylation is 1. The number of ether oxygens (including phenoxy) is 1. The van der Waals surface area contributed by atoms with Crippen LogP contribution < -0.4 is 5.32 Å². The third-order valence-corrected chi connectivity index (χ3v) is 3.22. The molecule has 116 valence electrons. The number of alkyl carbamates (subject to hydrolysis) is 1. The molecular weight excluding hydrogens is 278 g/mol. The van der Waals surface area contributed by atoms with Crippen LogP contribution in [0.1, 0.15) is 43.9 Å². The zero-order valence-corrected chi connectivity index (χ0v) is 13.3. The molecule has 1 aromatic rings. The third-order valence-electron chi connectivity index (χ3n) is 3.22. The molecule has 1 aliphatic rings. The second-order valence-electron chi connectivity index (χ2n) is 6.36. The summed E-state index contributed by atoms with van der Waals surface area (Å²) in [6.07, 6.45) is 1.47. The molecule has 1 aliphatic carbocycles. The molecule has 1 N–H and O–H groups in total. The average Bonchev–Trinajstić information content (AvgIpc) is 2.41. The van der Waals surface area contributed by atoms with Crippen molar-refractivity contribution < 1.29 is 14.3 Å². The highest BCUT2D eigenvalue weighted by molar-refractivity contribution is 5.83. The molecule has 0 aromatic heterocycles. The number of Topliss-reactive ketones (excluding diaryl/α,β-unsaturated/α-hetero) is 1. The van der Waals surface area contributed by atoms with Gasteiger partial charge in [-0.15, -0.1) is 0 Å². The van der Waals surface area contributed by atoms with E-state index in [1.807, 2.05) is 39.0 Å². The van der Waals surface area contributed by atoms with Crippen LogP contribution in [0.25, 0.3) is 0 Å². The Balaban J connectivity index is 1.90. The number of carbonyl (C=O) groups excluding carboxylic acids is 2. The van der Waals surface area contributed by atoms with Gasteiger partial charge < -0.3 is 10.1 Å². The van der Waals surface area contributed by atoms with Crippen LogP contribution in [0.2, 0.25) is 0 Å². The van der Waals surface area contributed by atoms with Crippen LogP contribution >= 0.6 is 0 Å². The van der Waals surface area contributed by atoms with Crippen LogP contribution in [0.4, 0.5) is 4.79 Å². The molecular formula is C18H21NO3. The Labute approximate surface area is 131 Å². The molecule has 4 nitrogen and oxygen atoms in total. The Hall–Kier alpha value is -2.28. The van der Waals surface area contributed by atoms with Crippen LogP contribution in [0.3, 0.4) is 0 Å². The van der Waals surface area contributed by atoms with E-state index in [2.05, 4.69) is 17.2 Å². The van der Waals surface area contributed by atoms with E-state index in [4.69, 9.17) is 4.74 Å². The van der Waals surface area contributed by atoms with Crippen LogP contribution in [0.15, 0.2) is 18.2 Å². The number of ketones is 1. The van der Waals surface area contributed by atoms with Crippen molar-refractivity contribution in [3.05, 3.63) is 34.9 Å². The minimum absolute atomic E-state index is 0.241. The molecule has 1 amide bonds. The monoisotopic (exact) mass is 299 g/mol. The fourth-order valence-corrected chi connectivity index (χ4v) is 2.26. The molecule has 0 saturated heterocycles. The zero-order chi connectivity index (χ0) is 16.2. The van der Waals surface area contributed by atoms with E-state index in [0.29, 0.717) is 18.6 Å². The van der Waals surface area contributed by atoms with Crippen molar-refractivity contribution >= 4 is 11.9 Å². The molecule has 0 saturated carbocycles. The zero-order valence-electron chi connectivity index (χ0n) is 13.3. The topological polar surface area (TPSA) is 55.4 Å². The first-order valence-corrected chi connectivity index (χ1v) is 7.43. The highest BCUT2D eigenvalue weighted by Crippen LogP contribution is 2.20. The van der Waals surface area contributed by atoms with Gasteiger partial charge in [-0.1, -0.05) is 17.9 Å². The highest BCUT2D eigenvalue weighted by Gasteiger charge is 2.16. The Bertz CT molecular complexity index is 645. The smallest absolute Gasteiger partial charge is 0.408 e. The van der Waals surface area contributed by atoms with E-state index in [0.717, 1.165) is 17.5 Å². The predicted octanol–water partition coefficient (Wildman–Crippen LogP) is 2.62. The molecule has 0 aliphatic heterocycles. The molecule has 0 spiro atoms. The first-order chi connectivity index (χ1) is 10.3. The summed E-state index contributed by atoms with van der Waals surface area (Å²) in [6.45, 7) is 5.69. The molecule has 0 bridgehead atoms. The number of benzene rings is 1. The summed E-state index contributed by atoms with van der Waals surface area (Å²) < 4.78 is 5.12. The SMILES string of the molecule is CC(C)(C)OC(=O)NCC#Cc1ccc2c(c1)CCC(=O)C2. The first kappa shape index (κ1) is 16.1. The Kier molecular flexibility index (Phi) is 4.87. The fourth-order valence-electron chi connectivity index (χ4n) is 2.26. The number of hydrogen-bond donors (Lipinski definition) is 1. The second-order valence-corrected chi connectivity index (χ2v) is 6.36. The Morgan fingerprint density at radius 2 is 2.05 bits per heavy atom. The minimum atomic E-state index is -0.507. The van der Waals surface area contributed by atoms with Gasteiger partial charge >= 0.3 is 6.09 Å². The lowest BCUT2D eigenvalue weighted by Gasteiger charge is -2.19. The normalized spacial score (nSPS) is 13.7. The number of nitrogens with one attached hydrogen (secondary N) is 1. The molecule has 0 unspecified atom stereocenters. The lowest BCUT2D eigenvalue weighted by molar-refractivity contribution is -0.118. The quantitative estimate of drug-likeness (QED) is 0.811. The van der Waals surface area contributed by atoms with E-state index >= 15 is 0 Å². The van der Waals surface area contributed by atoms with E-state index in [-0.39, 0.29) is 6.54 Å². The van der Waals surface area contributed by atoms with Gasteiger partial charge in [0, 0.05) is 18.4 Å². The van der Waals surface area contributed by atoms with Gasteiger partial charge in [0.25, 0.3) is 0 Å². The molecule has 22 heavy (non-hydrogen) atoms. The standard InChI is InChI=1S/C18H21NO3/c1-18(2,3)22-17(21)19-10-4-5-13-6-7-15-12-16(20)9-8-14(15)11-13/h6-7,11H,8-10,12H2,1-3H3,(H,19,21). The summed E-state index contributed by atoms with van der Waals surface area (Å²) in [5.74, 6) is 6.22. The van der Waals surface area contributed by atoms with Crippen molar-refractivity contribution in [2.75, 3.05) is 6.54 Å². The summed E-state index contributed by atoms with van der Waals surface area (Å²) in [6, 6.07) is 5.91. The Morgan fingerprint density at radius 3 is 2.77 bits per heavy atom. The summed E-state index contributed by atoms with van der Waals surface area (Å²) in [7, 11) is 0. The van der Waals surface area contributed by atoms with E-state index in [1.54, 1.807) is 0 Å². The molecule has 0 atom stereocenters. The van der Waals surface area contributed by atoms with Crippen LogP contribution in [0, 0.1) is 11.8 Å². The summed E-state index contributed by atoms with van der Waals surface area (Å²) >= 11 is 0. The molecule has 0 radical (unpaired) electrons. The van der Waals surface area contributed by atoms with Crippen LogP contribution in [-0.4, -0.2) is 24.0 Å². The highest BCUT2D eigenvalue weighted by atomic mass is 16.6. The molecule has 0 fully saturated rings. The maximum atomic E-state index is 11.5. The number of fused-ring (bicyclic) bond motifs is 1. The van der Waals surface area contributed by atoms with Crippen molar-refractivity contribution in [3.63, 3.8) is 0 Å². The van der Waals surface area contributed by atoms with Gasteiger partial charge in [-0.05, 0) is 50.5 Å². The largest absolute Gasteiger partial charge is 0.444 e. The number of carbonyl (C=O) groups is 2. The number of amides is 1. The van der Waals surface area contributed by atoms with Crippen LogP contribution in [-0.2, 0) is 22.4 Å². The average molecular weight is 299 g/mol. The minimum Gasteiger partial charge on any atom is -0.444 e. The van der Waals surface area contributed by atoms with Crippen molar-refractivity contribution in [1.29, 1.82) is 0 Å². The lowest BCUT2D eigenvalue weighted by atomic mass is 9.90.